The summed E-state index contributed by atoms with van der Waals surface area (Å²) < 4.78 is 35.9. The van der Waals surface area contributed by atoms with Crippen LogP contribution < -0.4 is 5.32 Å². The van der Waals surface area contributed by atoms with Crippen LogP contribution >= 0.6 is 34.8 Å². The summed E-state index contributed by atoms with van der Waals surface area (Å²) in [6.07, 6.45) is -4.82. The molecule has 48 heavy (non-hydrogen) atoms. The number of nitrogens with one attached hydrogen (secondary N) is 1. The van der Waals surface area contributed by atoms with Crippen LogP contribution in [-0.4, -0.2) is 53.7 Å². The molecule has 11 heteroatoms. The van der Waals surface area contributed by atoms with Gasteiger partial charge in [0.1, 0.15) is 31.0 Å². The van der Waals surface area contributed by atoms with Gasteiger partial charge < -0.3 is 28.4 Å². The highest BCUT2D eigenvalue weighted by molar-refractivity contribution is 6.67. The van der Waals surface area contributed by atoms with Gasteiger partial charge in [0, 0.05) is 0 Å². The third-order valence-corrected chi connectivity index (χ3v) is 7.84. The second-order valence-electron chi connectivity index (χ2n) is 11.2. The third kappa shape index (κ3) is 11.8. The van der Waals surface area contributed by atoms with Crippen LogP contribution in [0.3, 0.4) is 0 Å². The van der Waals surface area contributed by atoms with Crippen molar-refractivity contribution in [3.05, 3.63) is 144 Å². The molecule has 254 valence electrons. The minimum Gasteiger partial charge on any atom is -0.445 e. The molecule has 0 aliphatic carbocycles. The number of hydrogen-bond acceptors (Lipinski definition) is 7. The van der Waals surface area contributed by atoms with Crippen LogP contribution in [0.5, 0.6) is 0 Å². The van der Waals surface area contributed by atoms with Crippen LogP contribution in [0, 0.1) is 0 Å². The van der Waals surface area contributed by atoms with Gasteiger partial charge in [-0.15, -0.1) is 0 Å². The molecule has 0 radical (unpaired) electrons. The van der Waals surface area contributed by atoms with Gasteiger partial charge in [-0.3, -0.25) is 5.32 Å². The Morgan fingerprint density at radius 1 is 0.604 bits per heavy atom. The van der Waals surface area contributed by atoms with Gasteiger partial charge in [0.15, 0.2) is 6.23 Å². The number of ether oxygens (including phenoxy) is 6. The average molecular weight is 715 g/mol. The summed E-state index contributed by atoms with van der Waals surface area (Å²) in [5, 5.41) is 2.76. The van der Waals surface area contributed by atoms with E-state index in [0.717, 1.165) is 22.3 Å². The first kappa shape index (κ1) is 36.1. The van der Waals surface area contributed by atoms with Crippen molar-refractivity contribution in [2.45, 2.75) is 60.9 Å². The zero-order valence-corrected chi connectivity index (χ0v) is 28.4. The van der Waals surface area contributed by atoms with E-state index in [1.54, 1.807) is 0 Å². The van der Waals surface area contributed by atoms with Crippen LogP contribution in [0.2, 0.25) is 0 Å². The fraction of sp³-hybridized carbons (Fsp3) is 0.324. The van der Waals surface area contributed by atoms with Gasteiger partial charge in [0.05, 0.1) is 33.0 Å². The quantitative estimate of drug-likeness (QED) is 0.126. The largest absolute Gasteiger partial charge is 0.445 e. The molecule has 1 amide bonds. The van der Waals surface area contributed by atoms with Gasteiger partial charge in [0.25, 0.3) is 0 Å². The van der Waals surface area contributed by atoms with Crippen molar-refractivity contribution in [3.8, 4) is 0 Å². The highest BCUT2D eigenvalue weighted by atomic mass is 35.6. The van der Waals surface area contributed by atoms with E-state index >= 15 is 0 Å². The molecule has 0 spiro atoms. The Kier molecular flexibility index (Phi) is 14.0. The lowest BCUT2D eigenvalue weighted by Crippen LogP contribution is -2.65. The number of amides is 1. The molecular formula is C37H38Cl3NO7. The lowest BCUT2D eigenvalue weighted by Gasteiger charge is -2.46. The number of carbonyl (C=O) groups excluding carboxylic acids is 1. The van der Waals surface area contributed by atoms with Crippen LogP contribution in [0.4, 0.5) is 4.79 Å². The Morgan fingerprint density at radius 2 is 1.02 bits per heavy atom. The summed E-state index contributed by atoms with van der Waals surface area (Å²) in [7, 11) is 0. The van der Waals surface area contributed by atoms with Gasteiger partial charge in [-0.2, -0.15) is 0 Å². The molecule has 4 aromatic rings. The molecule has 5 atom stereocenters. The third-order valence-electron chi connectivity index (χ3n) is 7.51. The highest BCUT2D eigenvalue weighted by Crippen LogP contribution is 2.31. The maximum Gasteiger partial charge on any atom is 0.409 e. The first-order valence-electron chi connectivity index (χ1n) is 15.6. The molecule has 0 saturated carbocycles. The molecule has 1 heterocycles. The first-order chi connectivity index (χ1) is 23.3. The van der Waals surface area contributed by atoms with Crippen molar-refractivity contribution in [1.29, 1.82) is 0 Å². The first-order valence-corrected chi connectivity index (χ1v) is 16.7. The highest BCUT2D eigenvalue weighted by Gasteiger charge is 2.49. The Hall–Kier alpha value is -3.18. The predicted octanol–water partition coefficient (Wildman–Crippen LogP) is 7.78. The number of alkyl halides is 3. The molecule has 1 N–H and O–H groups in total. The fourth-order valence-corrected chi connectivity index (χ4v) is 5.37. The van der Waals surface area contributed by atoms with Gasteiger partial charge >= 0.3 is 6.09 Å². The molecule has 1 aliphatic rings. The minimum atomic E-state index is -1.79. The van der Waals surface area contributed by atoms with Gasteiger partial charge in [-0.25, -0.2) is 4.79 Å². The van der Waals surface area contributed by atoms with Gasteiger partial charge in [0.2, 0.25) is 3.79 Å². The van der Waals surface area contributed by atoms with Crippen molar-refractivity contribution in [1.82, 2.24) is 5.32 Å². The fourth-order valence-electron chi connectivity index (χ4n) is 5.21. The lowest BCUT2D eigenvalue weighted by atomic mass is 9.97. The minimum absolute atomic E-state index is 0.131. The molecule has 5 rings (SSSR count). The Labute approximate surface area is 296 Å². The number of hydrogen-bond donors (Lipinski definition) is 1. The van der Waals surface area contributed by atoms with E-state index in [1.807, 2.05) is 121 Å². The number of halogens is 3. The van der Waals surface area contributed by atoms with Gasteiger partial charge in [-0.05, 0) is 22.3 Å². The Morgan fingerprint density at radius 3 is 1.48 bits per heavy atom. The van der Waals surface area contributed by atoms with E-state index in [0.29, 0.717) is 6.61 Å². The maximum atomic E-state index is 13.0. The van der Waals surface area contributed by atoms with Crippen LogP contribution in [-0.2, 0) is 54.8 Å². The molecular weight excluding hydrogens is 677 g/mol. The summed E-state index contributed by atoms with van der Waals surface area (Å²) in [4.78, 5) is 13.0. The van der Waals surface area contributed by atoms with E-state index in [-0.39, 0.29) is 26.4 Å². The Balaban J connectivity index is 1.44. The number of carbonyl (C=O) groups is 1. The van der Waals surface area contributed by atoms with Crippen molar-refractivity contribution >= 4 is 40.9 Å². The van der Waals surface area contributed by atoms with E-state index in [9.17, 15) is 4.79 Å². The topological polar surface area (TPSA) is 84.5 Å². The number of alkyl carbamates (subject to hydrolysis) is 1. The van der Waals surface area contributed by atoms with E-state index < -0.39 is 47.1 Å². The SMILES string of the molecule is O=C(N[C@@H]1O[C@H](COCc2ccccc2)[C@@H](OCc2ccccc2)[C@H](OCc2ccccc2)[C@H]1OCc1ccccc1)OCC(Cl)(Cl)Cl. The molecule has 1 fully saturated rings. The normalized spacial score (nSPS) is 21.0. The van der Waals surface area contributed by atoms with Crippen LogP contribution in [0.25, 0.3) is 0 Å². The average Bonchev–Trinajstić information content (AvgIpc) is 3.10. The monoisotopic (exact) mass is 713 g/mol. The zero-order valence-electron chi connectivity index (χ0n) is 26.2. The number of benzene rings is 4. The van der Waals surface area contributed by atoms with Crippen molar-refractivity contribution in [3.63, 3.8) is 0 Å². The van der Waals surface area contributed by atoms with Gasteiger partial charge in [-0.1, -0.05) is 156 Å². The van der Waals surface area contributed by atoms with Crippen molar-refractivity contribution in [2.24, 2.45) is 0 Å². The molecule has 0 aromatic heterocycles. The smallest absolute Gasteiger partial charge is 0.409 e. The van der Waals surface area contributed by atoms with Crippen LogP contribution in [0.1, 0.15) is 22.3 Å². The standard InChI is InChI=1S/C37H38Cl3NO7/c38-37(39,40)26-47-36(42)41-35-34(46-24-30-19-11-4-12-20-30)33(45-23-29-17-9-3-10-18-29)32(44-22-28-15-7-2-8-16-28)31(48-35)25-43-21-27-13-5-1-6-14-27/h1-20,31-35H,21-26H2,(H,41,42)/t31-,32-,33+,34-,35-/m1/s1. The summed E-state index contributed by atoms with van der Waals surface area (Å²) in [5.74, 6) is 0. The number of rotatable bonds is 15. The predicted molar refractivity (Wildman–Crippen MR) is 185 cm³/mol. The molecule has 0 bridgehead atoms. The van der Waals surface area contributed by atoms with E-state index in [2.05, 4.69) is 5.32 Å². The lowest BCUT2D eigenvalue weighted by molar-refractivity contribution is -0.276. The summed E-state index contributed by atoms with van der Waals surface area (Å²) in [6, 6.07) is 39.1. The van der Waals surface area contributed by atoms with Crippen molar-refractivity contribution < 1.29 is 33.2 Å². The van der Waals surface area contributed by atoms with E-state index in [1.165, 1.54) is 0 Å². The molecule has 4 aromatic carbocycles. The van der Waals surface area contributed by atoms with Crippen LogP contribution in [0.15, 0.2) is 121 Å². The summed E-state index contributed by atoms with van der Waals surface area (Å²) >= 11 is 17.5. The zero-order chi connectivity index (χ0) is 33.6. The summed E-state index contributed by atoms with van der Waals surface area (Å²) in [6.45, 7) is 0.757. The molecule has 1 aliphatic heterocycles. The second kappa shape index (κ2) is 18.5. The second-order valence-corrected chi connectivity index (χ2v) is 13.7. The molecule has 1 saturated heterocycles. The molecule has 0 unspecified atom stereocenters. The molecule has 8 nitrogen and oxygen atoms in total. The Bertz CT molecular complexity index is 1500. The van der Waals surface area contributed by atoms with Crippen molar-refractivity contribution in [2.75, 3.05) is 13.2 Å². The maximum absolute atomic E-state index is 13.0. The van der Waals surface area contributed by atoms with E-state index in [4.69, 9.17) is 63.2 Å². The summed E-state index contributed by atoms with van der Waals surface area (Å²) in [5.41, 5.74) is 3.85.